The highest BCUT2D eigenvalue weighted by molar-refractivity contribution is 5.92. The van der Waals surface area contributed by atoms with E-state index in [1.807, 2.05) is 6.07 Å². The molecule has 1 aromatic heterocycles. The maximum absolute atomic E-state index is 11.9. The van der Waals surface area contributed by atoms with E-state index >= 15 is 0 Å². The SMILES string of the molecule is CCCNc1ccc(C(=O)NC2CC(C)C2)nc1. The summed E-state index contributed by atoms with van der Waals surface area (Å²) < 4.78 is 0. The molecule has 0 radical (unpaired) electrons. The average Bonchev–Trinajstić information content (AvgIpc) is 2.35. The van der Waals surface area contributed by atoms with Gasteiger partial charge < -0.3 is 10.6 Å². The van der Waals surface area contributed by atoms with Gasteiger partial charge in [0, 0.05) is 12.6 Å². The molecule has 0 saturated heterocycles. The highest BCUT2D eigenvalue weighted by atomic mass is 16.1. The van der Waals surface area contributed by atoms with Gasteiger partial charge in [-0.3, -0.25) is 4.79 Å². The first-order valence-electron chi connectivity index (χ1n) is 6.69. The van der Waals surface area contributed by atoms with Crippen LogP contribution in [0.15, 0.2) is 18.3 Å². The summed E-state index contributed by atoms with van der Waals surface area (Å²) in [5.41, 5.74) is 1.46. The maximum Gasteiger partial charge on any atom is 0.270 e. The Labute approximate surface area is 108 Å². The van der Waals surface area contributed by atoms with Crippen molar-refractivity contribution >= 4 is 11.6 Å². The number of rotatable bonds is 5. The molecule has 0 aliphatic heterocycles. The fourth-order valence-electron chi connectivity index (χ4n) is 2.18. The van der Waals surface area contributed by atoms with Gasteiger partial charge in [0.1, 0.15) is 5.69 Å². The van der Waals surface area contributed by atoms with Crippen LogP contribution in [0.2, 0.25) is 0 Å². The Kier molecular flexibility index (Phi) is 4.18. The zero-order valence-electron chi connectivity index (χ0n) is 11.1. The van der Waals surface area contributed by atoms with Gasteiger partial charge in [-0.05, 0) is 37.3 Å². The van der Waals surface area contributed by atoms with Crippen LogP contribution in [0, 0.1) is 5.92 Å². The van der Waals surface area contributed by atoms with Gasteiger partial charge in [-0.15, -0.1) is 0 Å². The van der Waals surface area contributed by atoms with E-state index in [0.29, 0.717) is 11.7 Å². The normalized spacial score (nSPS) is 22.1. The molecule has 1 heterocycles. The minimum Gasteiger partial charge on any atom is -0.384 e. The Morgan fingerprint density at radius 1 is 1.44 bits per heavy atom. The van der Waals surface area contributed by atoms with Crippen LogP contribution in [0.1, 0.15) is 43.6 Å². The topological polar surface area (TPSA) is 54.0 Å². The molecule has 0 spiro atoms. The Morgan fingerprint density at radius 2 is 2.22 bits per heavy atom. The molecule has 4 heteroatoms. The zero-order valence-corrected chi connectivity index (χ0v) is 11.1. The fraction of sp³-hybridized carbons (Fsp3) is 0.571. The summed E-state index contributed by atoms with van der Waals surface area (Å²) >= 11 is 0. The number of hydrogen-bond acceptors (Lipinski definition) is 3. The van der Waals surface area contributed by atoms with E-state index in [-0.39, 0.29) is 5.91 Å². The van der Waals surface area contributed by atoms with Crippen molar-refractivity contribution in [3.8, 4) is 0 Å². The van der Waals surface area contributed by atoms with Gasteiger partial charge >= 0.3 is 0 Å². The zero-order chi connectivity index (χ0) is 13.0. The second kappa shape index (κ2) is 5.85. The van der Waals surface area contributed by atoms with E-state index in [9.17, 15) is 4.79 Å². The first kappa shape index (κ1) is 12.9. The van der Waals surface area contributed by atoms with Crippen molar-refractivity contribution in [2.24, 2.45) is 5.92 Å². The van der Waals surface area contributed by atoms with E-state index in [4.69, 9.17) is 0 Å². The summed E-state index contributed by atoms with van der Waals surface area (Å²) in [7, 11) is 0. The van der Waals surface area contributed by atoms with Crippen LogP contribution in [0.3, 0.4) is 0 Å². The summed E-state index contributed by atoms with van der Waals surface area (Å²) in [4.78, 5) is 16.1. The van der Waals surface area contributed by atoms with E-state index in [0.717, 1.165) is 37.4 Å². The highest BCUT2D eigenvalue weighted by Gasteiger charge is 2.27. The van der Waals surface area contributed by atoms with Crippen molar-refractivity contribution in [2.45, 2.75) is 39.2 Å². The number of aromatic nitrogens is 1. The molecule has 0 bridgehead atoms. The molecule has 1 aliphatic rings. The molecule has 18 heavy (non-hydrogen) atoms. The Balaban J connectivity index is 1.86. The largest absolute Gasteiger partial charge is 0.384 e. The average molecular weight is 247 g/mol. The molecule has 1 fully saturated rings. The number of amides is 1. The molecule has 4 nitrogen and oxygen atoms in total. The summed E-state index contributed by atoms with van der Waals surface area (Å²) in [6.07, 6.45) is 4.96. The van der Waals surface area contributed by atoms with Crippen molar-refractivity contribution < 1.29 is 4.79 Å². The number of pyridine rings is 1. The fourth-order valence-corrected chi connectivity index (χ4v) is 2.18. The predicted octanol–water partition coefficient (Wildman–Crippen LogP) is 2.43. The van der Waals surface area contributed by atoms with Crippen molar-refractivity contribution in [1.82, 2.24) is 10.3 Å². The molecular formula is C14H21N3O. The lowest BCUT2D eigenvalue weighted by Gasteiger charge is -2.33. The summed E-state index contributed by atoms with van der Waals surface area (Å²) in [5, 5.41) is 6.24. The predicted molar refractivity (Wildman–Crippen MR) is 72.7 cm³/mol. The van der Waals surface area contributed by atoms with Crippen LogP contribution < -0.4 is 10.6 Å². The summed E-state index contributed by atoms with van der Waals surface area (Å²) in [5.74, 6) is 0.679. The molecule has 1 saturated carbocycles. The summed E-state index contributed by atoms with van der Waals surface area (Å²) in [6.45, 7) is 5.24. The molecule has 1 aromatic rings. The molecular weight excluding hydrogens is 226 g/mol. The third-order valence-corrected chi connectivity index (χ3v) is 3.28. The molecule has 0 aromatic carbocycles. The van der Waals surface area contributed by atoms with Crippen LogP contribution in [0.4, 0.5) is 5.69 Å². The van der Waals surface area contributed by atoms with Crippen molar-refractivity contribution in [2.75, 3.05) is 11.9 Å². The van der Waals surface area contributed by atoms with Crippen LogP contribution in [-0.4, -0.2) is 23.5 Å². The van der Waals surface area contributed by atoms with E-state index in [1.165, 1.54) is 0 Å². The molecule has 2 N–H and O–H groups in total. The molecule has 0 unspecified atom stereocenters. The third kappa shape index (κ3) is 3.22. The number of carbonyl (C=O) groups excluding carboxylic acids is 1. The molecule has 2 rings (SSSR count). The van der Waals surface area contributed by atoms with E-state index in [2.05, 4.69) is 29.5 Å². The summed E-state index contributed by atoms with van der Waals surface area (Å²) in [6, 6.07) is 4.02. The van der Waals surface area contributed by atoms with Gasteiger partial charge in [-0.25, -0.2) is 4.98 Å². The van der Waals surface area contributed by atoms with Gasteiger partial charge in [-0.2, -0.15) is 0 Å². The van der Waals surface area contributed by atoms with E-state index in [1.54, 1.807) is 12.3 Å². The first-order valence-corrected chi connectivity index (χ1v) is 6.69. The Bertz CT molecular complexity index is 396. The first-order chi connectivity index (χ1) is 8.69. The second-order valence-corrected chi connectivity index (χ2v) is 5.11. The number of nitrogens with zero attached hydrogens (tertiary/aromatic N) is 1. The van der Waals surface area contributed by atoms with Crippen molar-refractivity contribution in [3.05, 3.63) is 24.0 Å². The standard InChI is InChI=1S/C14H21N3O/c1-3-6-15-11-4-5-13(16-9-11)14(18)17-12-7-10(2)8-12/h4-5,9-10,12,15H,3,6-8H2,1-2H3,(H,17,18). The maximum atomic E-state index is 11.9. The van der Waals surface area contributed by atoms with Gasteiger partial charge in [0.05, 0.1) is 11.9 Å². The quantitative estimate of drug-likeness (QED) is 0.840. The lowest BCUT2D eigenvalue weighted by Crippen LogP contribution is -2.43. The third-order valence-electron chi connectivity index (χ3n) is 3.28. The lowest BCUT2D eigenvalue weighted by atomic mass is 9.82. The minimum absolute atomic E-state index is 0.0612. The Morgan fingerprint density at radius 3 is 2.78 bits per heavy atom. The second-order valence-electron chi connectivity index (χ2n) is 5.11. The number of nitrogens with one attached hydrogen (secondary N) is 2. The van der Waals surface area contributed by atoms with Crippen LogP contribution in [-0.2, 0) is 0 Å². The monoisotopic (exact) mass is 247 g/mol. The number of hydrogen-bond donors (Lipinski definition) is 2. The molecule has 98 valence electrons. The van der Waals surface area contributed by atoms with Crippen LogP contribution in [0.25, 0.3) is 0 Å². The van der Waals surface area contributed by atoms with Gasteiger partial charge in [0.25, 0.3) is 5.91 Å². The number of anilines is 1. The van der Waals surface area contributed by atoms with Gasteiger partial charge in [-0.1, -0.05) is 13.8 Å². The van der Waals surface area contributed by atoms with Crippen molar-refractivity contribution in [3.63, 3.8) is 0 Å². The van der Waals surface area contributed by atoms with Crippen molar-refractivity contribution in [1.29, 1.82) is 0 Å². The van der Waals surface area contributed by atoms with Gasteiger partial charge in [0.15, 0.2) is 0 Å². The highest BCUT2D eigenvalue weighted by Crippen LogP contribution is 2.26. The molecule has 0 atom stereocenters. The van der Waals surface area contributed by atoms with Crippen LogP contribution >= 0.6 is 0 Å². The number of carbonyl (C=O) groups is 1. The van der Waals surface area contributed by atoms with Crippen LogP contribution in [0.5, 0.6) is 0 Å². The Hall–Kier alpha value is -1.58. The molecule has 1 amide bonds. The molecule has 1 aliphatic carbocycles. The smallest absolute Gasteiger partial charge is 0.270 e. The lowest BCUT2D eigenvalue weighted by molar-refractivity contribution is 0.0891. The van der Waals surface area contributed by atoms with Gasteiger partial charge in [0.2, 0.25) is 0 Å². The minimum atomic E-state index is -0.0612. The van der Waals surface area contributed by atoms with E-state index < -0.39 is 0 Å².